The van der Waals surface area contributed by atoms with Crippen molar-refractivity contribution in [2.24, 2.45) is 0 Å². The molecule has 0 radical (unpaired) electrons. The Kier molecular flexibility index (Phi) is 17.1. The average molecular weight is 609 g/mol. The number of hydrogen-bond acceptors (Lipinski definition) is 6. The van der Waals surface area contributed by atoms with E-state index in [0.29, 0.717) is 24.7 Å². The van der Waals surface area contributed by atoms with Crippen LogP contribution in [-0.4, -0.2) is 35.1 Å². The van der Waals surface area contributed by atoms with Gasteiger partial charge in [-0.3, -0.25) is 0 Å². The van der Waals surface area contributed by atoms with Gasteiger partial charge < -0.3 is 9.47 Å². The summed E-state index contributed by atoms with van der Waals surface area (Å²) >= 11 is 0. The van der Waals surface area contributed by atoms with Gasteiger partial charge in [0.15, 0.2) is 24.8 Å². The van der Waals surface area contributed by atoms with Crippen molar-refractivity contribution in [1.29, 1.82) is 0 Å². The van der Waals surface area contributed by atoms with E-state index < -0.39 is 24.8 Å². The predicted molar refractivity (Wildman–Crippen MR) is 168 cm³/mol. The second-order valence-corrected chi connectivity index (χ2v) is 15.3. The molecule has 0 heterocycles. The largest absolute Gasteiger partial charge is 0.494 e. The first-order valence-corrected chi connectivity index (χ1v) is 19.0. The van der Waals surface area contributed by atoms with Crippen LogP contribution in [0.1, 0.15) is 117 Å². The van der Waals surface area contributed by atoms with E-state index >= 15 is 0 Å². The van der Waals surface area contributed by atoms with Gasteiger partial charge in [-0.1, -0.05) is 104 Å². The normalized spacial score (nSPS) is 12.0. The Morgan fingerprint density at radius 3 is 1.05 bits per heavy atom. The summed E-state index contributed by atoms with van der Waals surface area (Å²) in [4.78, 5) is -0.0726. The number of ether oxygens (including phenoxy) is 2. The van der Waals surface area contributed by atoms with E-state index in [1.807, 2.05) is 0 Å². The van der Waals surface area contributed by atoms with Gasteiger partial charge in [-0.2, -0.15) is 0 Å². The Labute approximate surface area is 250 Å². The summed E-state index contributed by atoms with van der Waals surface area (Å²) < 4.78 is 63.0. The van der Waals surface area contributed by atoms with E-state index in [0.717, 1.165) is 25.7 Å². The SMILES string of the molecule is CCCCCCCCCCOc1ccc(S(=O)(=O)CS(=O)(=O)c2ccc(OCCCCCCCCCC)cc2)cc1. The summed E-state index contributed by atoms with van der Waals surface area (Å²) in [5.41, 5.74) is 0. The number of benzene rings is 2. The van der Waals surface area contributed by atoms with Crippen LogP contribution < -0.4 is 9.47 Å². The predicted octanol–water partition coefficient (Wildman–Crippen LogP) is 8.93. The summed E-state index contributed by atoms with van der Waals surface area (Å²) in [5, 5.41) is -0.989. The van der Waals surface area contributed by atoms with Crippen molar-refractivity contribution < 1.29 is 26.3 Å². The third kappa shape index (κ3) is 14.6. The van der Waals surface area contributed by atoms with Crippen molar-refractivity contribution >= 4 is 19.7 Å². The fourth-order valence-electron chi connectivity index (χ4n) is 4.68. The molecule has 0 unspecified atom stereocenters. The Bertz CT molecular complexity index is 1060. The van der Waals surface area contributed by atoms with Crippen molar-refractivity contribution in [3.63, 3.8) is 0 Å². The van der Waals surface area contributed by atoms with E-state index in [4.69, 9.17) is 9.47 Å². The zero-order chi connectivity index (χ0) is 29.8. The quantitative estimate of drug-likeness (QED) is 0.111. The Balaban J connectivity index is 1.74. The lowest BCUT2D eigenvalue weighted by Gasteiger charge is -2.10. The third-order valence-electron chi connectivity index (χ3n) is 7.21. The van der Waals surface area contributed by atoms with Crippen LogP contribution in [-0.2, 0) is 19.7 Å². The number of sulfone groups is 2. The second kappa shape index (κ2) is 20.0. The van der Waals surface area contributed by atoms with E-state index in [9.17, 15) is 16.8 Å². The van der Waals surface area contributed by atoms with Gasteiger partial charge in [-0.05, 0) is 61.4 Å². The van der Waals surface area contributed by atoms with Gasteiger partial charge >= 0.3 is 0 Å². The smallest absolute Gasteiger partial charge is 0.193 e. The molecule has 0 saturated heterocycles. The highest BCUT2D eigenvalue weighted by molar-refractivity contribution is 8.08. The number of hydrogen-bond donors (Lipinski definition) is 0. The molecule has 0 amide bonds. The van der Waals surface area contributed by atoms with Crippen molar-refractivity contribution in [1.82, 2.24) is 0 Å². The first-order valence-electron chi connectivity index (χ1n) is 15.7. The molecule has 0 spiro atoms. The fourth-order valence-corrected chi connectivity index (χ4v) is 8.50. The number of unbranched alkanes of at least 4 members (excludes halogenated alkanes) is 14. The molecule has 6 nitrogen and oxygen atoms in total. The lowest BCUT2D eigenvalue weighted by Crippen LogP contribution is -2.17. The van der Waals surface area contributed by atoms with Crippen LogP contribution in [0.5, 0.6) is 11.5 Å². The molecule has 0 N–H and O–H groups in total. The molecule has 0 fully saturated rings. The maximum absolute atomic E-state index is 12.9. The fraction of sp³-hybridized carbons (Fsp3) is 0.636. The molecule has 2 rings (SSSR count). The van der Waals surface area contributed by atoms with Crippen molar-refractivity contribution in [2.75, 3.05) is 18.3 Å². The van der Waals surface area contributed by atoms with Gasteiger partial charge in [-0.15, -0.1) is 0 Å². The van der Waals surface area contributed by atoms with Gasteiger partial charge in [-0.25, -0.2) is 16.8 Å². The summed E-state index contributed by atoms with van der Waals surface area (Å²) in [6.07, 6.45) is 19.4. The Hall–Kier alpha value is -2.06. The van der Waals surface area contributed by atoms with E-state index in [1.54, 1.807) is 24.3 Å². The van der Waals surface area contributed by atoms with Gasteiger partial charge in [0.05, 0.1) is 23.0 Å². The molecule has 2 aromatic carbocycles. The van der Waals surface area contributed by atoms with E-state index in [-0.39, 0.29) is 9.79 Å². The average Bonchev–Trinajstić information content (AvgIpc) is 2.95. The van der Waals surface area contributed by atoms with Gasteiger partial charge in [0.2, 0.25) is 0 Å². The molecule has 2 aromatic rings. The number of rotatable bonds is 24. The Morgan fingerprint density at radius 2 is 0.732 bits per heavy atom. The van der Waals surface area contributed by atoms with Crippen molar-refractivity contribution in [3.8, 4) is 11.5 Å². The summed E-state index contributed by atoms with van der Waals surface area (Å²) in [5.74, 6) is 1.16. The zero-order valence-electron chi connectivity index (χ0n) is 25.3. The molecule has 0 aliphatic heterocycles. The molecule has 0 saturated carbocycles. The van der Waals surface area contributed by atoms with Crippen LogP contribution in [0.3, 0.4) is 0 Å². The van der Waals surface area contributed by atoms with Gasteiger partial charge in [0.25, 0.3) is 0 Å². The molecule has 8 heteroatoms. The first-order chi connectivity index (χ1) is 19.8. The second-order valence-electron chi connectivity index (χ2n) is 10.9. The molecule has 0 aromatic heterocycles. The highest BCUT2D eigenvalue weighted by Crippen LogP contribution is 2.23. The van der Waals surface area contributed by atoms with E-state index in [2.05, 4.69) is 13.8 Å². The van der Waals surface area contributed by atoms with Gasteiger partial charge in [0, 0.05) is 0 Å². The molecule has 0 bridgehead atoms. The lowest BCUT2D eigenvalue weighted by molar-refractivity contribution is 0.304. The van der Waals surface area contributed by atoms with Crippen LogP contribution >= 0.6 is 0 Å². The van der Waals surface area contributed by atoms with Crippen molar-refractivity contribution in [2.45, 2.75) is 126 Å². The van der Waals surface area contributed by atoms with Crippen LogP contribution in [0, 0.1) is 0 Å². The monoisotopic (exact) mass is 608 g/mol. The lowest BCUT2D eigenvalue weighted by atomic mass is 10.1. The molecule has 232 valence electrons. The van der Waals surface area contributed by atoms with Crippen LogP contribution in [0.15, 0.2) is 58.3 Å². The van der Waals surface area contributed by atoms with E-state index in [1.165, 1.54) is 101 Å². The maximum Gasteiger partial charge on any atom is 0.193 e. The summed E-state index contributed by atoms with van der Waals surface area (Å²) in [6.45, 7) is 5.59. The third-order valence-corrected chi connectivity index (χ3v) is 11.7. The first kappa shape index (κ1) is 35.1. The summed E-state index contributed by atoms with van der Waals surface area (Å²) in [7, 11) is -8.08. The van der Waals surface area contributed by atoms with Gasteiger partial charge in [0.1, 0.15) is 11.5 Å². The molecule has 0 aliphatic carbocycles. The van der Waals surface area contributed by atoms with Crippen LogP contribution in [0.2, 0.25) is 0 Å². The zero-order valence-corrected chi connectivity index (χ0v) is 27.0. The molecule has 0 aliphatic rings. The van der Waals surface area contributed by atoms with Crippen molar-refractivity contribution in [3.05, 3.63) is 48.5 Å². The minimum absolute atomic E-state index is 0.0363. The molecular weight excluding hydrogens is 556 g/mol. The topological polar surface area (TPSA) is 86.7 Å². The minimum Gasteiger partial charge on any atom is -0.494 e. The maximum atomic E-state index is 12.9. The molecular formula is C33H52O6S2. The summed E-state index contributed by atoms with van der Waals surface area (Å²) in [6, 6.07) is 12.0. The molecule has 41 heavy (non-hydrogen) atoms. The Morgan fingerprint density at radius 1 is 0.439 bits per heavy atom. The van der Waals surface area contributed by atoms with Crippen LogP contribution in [0.25, 0.3) is 0 Å². The highest BCUT2D eigenvalue weighted by atomic mass is 32.3. The van der Waals surface area contributed by atoms with Crippen LogP contribution in [0.4, 0.5) is 0 Å². The minimum atomic E-state index is -4.04. The standard InChI is InChI=1S/C33H52O6S2/c1-3-5-7-9-11-13-15-17-27-38-30-19-23-32(24-20-30)40(34,35)29-41(36,37)33-25-21-31(22-26-33)39-28-18-16-14-12-10-8-6-4-2/h19-26H,3-18,27-29H2,1-2H3. The molecule has 0 atom stereocenters. The highest BCUT2D eigenvalue weighted by Gasteiger charge is 2.26.